The Bertz CT molecular complexity index is 625. The van der Waals surface area contributed by atoms with Crippen molar-refractivity contribution in [3.63, 3.8) is 0 Å². The first-order chi connectivity index (χ1) is 9.15. The highest BCUT2D eigenvalue weighted by atomic mass is 79.9. The van der Waals surface area contributed by atoms with Gasteiger partial charge in [0.15, 0.2) is 11.5 Å². The van der Waals surface area contributed by atoms with Crippen molar-refractivity contribution in [1.29, 1.82) is 0 Å². The Labute approximate surface area is 119 Å². The van der Waals surface area contributed by atoms with Gasteiger partial charge in [0.2, 0.25) is 0 Å². The fourth-order valence-electron chi connectivity index (χ4n) is 2.06. The summed E-state index contributed by atoms with van der Waals surface area (Å²) in [6.07, 6.45) is 0. The van der Waals surface area contributed by atoms with Crippen LogP contribution in [-0.2, 0) is 6.54 Å². The van der Waals surface area contributed by atoms with Crippen molar-refractivity contribution in [1.82, 2.24) is 9.78 Å². The predicted octanol–water partition coefficient (Wildman–Crippen LogP) is 2.36. The monoisotopic (exact) mass is 323 g/mol. The van der Waals surface area contributed by atoms with Gasteiger partial charge in [-0.25, -0.2) is 4.68 Å². The van der Waals surface area contributed by atoms with E-state index in [4.69, 9.17) is 15.2 Å². The van der Waals surface area contributed by atoms with Gasteiger partial charge in [-0.2, -0.15) is 5.10 Å². The number of nitrogens with two attached hydrogens (primary N) is 1. The first kappa shape index (κ1) is 12.3. The fourth-order valence-corrected chi connectivity index (χ4v) is 2.34. The molecular weight excluding hydrogens is 310 g/mol. The normalized spacial score (nSPS) is 13.6. The summed E-state index contributed by atoms with van der Waals surface area (Å²) in [5.74, 6) is 2.21. The summed E-state index contributed by atoms with van der Waals surface area (Å²) in [5.41, 5.74) is 7.95. The van der Waals surface area contributed by atoms with Crippen LogP contribution in [0, 0.1) is 6.92 Å². The van der Waals surface area contributed by atoms with Gasteiger partial charge in [0.25, 0.3) is 0 Å². The maximum atomic E-state index is 5.99. The zero-order chi connectivity index (χ0) is 13.4. The lowest BCUT2D eigenvalue weighted by Gasteiger charge is -2.19. The number of aromatic nitrogens is 2. The van der Waals surface area contributed by atoms with Gasteiger partial charge in [-0.15, -0.1) is 0 Å². The number of hydrogen-bond donors (Lipinski definition) is 1. The smallest absolute Gasteiger partial charge is 0.161 e. The van der Waals surface area contributed by atoms with Crippen LogP contribution >= 0.6 is 15.9 Å². The maximum absolute atomic E-state index is 5.99. The van der Waals surface area contributed by atoms with Crippen molar-refractivity contribution in [3.8, 4) is 11.5 Å². The van der Waals surface area contributed by atoms with Gasteiger partial charge in [-0.3, -0.25) is 0 Å². The molecule has 0 amide bonds. The lowest BCUT2D eigenvalue weighted by atomic mass is 10.2. The second kappa shape index (κ2) is 4.77. The van der Waals surface area contributed by atoms with E-state index in [1.54, 1.807) is 4.68 Å². The van der Waals surface area contributed by atoms with Crippen molar-refractivity contribution in [2.24, 2.45) is 0 Å². The molecule has 2 heterocycles. The first-order valence-corrected chi connectivity index (χ1v) is 6.81. The molecule has 6 heteroatoms. The summed E-state index contributed by atoms with van der Waals surface area (Å²) in [6.45, 7) is 3.71. The third kappa shape index (κ3) is 2.28. The zero-order valence-corrected chi connectivity index (χ0v) is 12.1. The molecule has 0 saturated heterocycles. The van der Waals surface area contributed by atoms with Gasteiger partial charge in [-0.05, 0) is 40.5 Å². The van der Waals surface area contributed by atoms with Gasteiger partial charge >= 0.3 is 0 Å². The molecule has 1 aromatic carbocycles. The molecule has 100 valence electrons. The molecule has 1 aliphatic rings. The Kier molecular flexibility index (Phi) is 3.10. The van der Waals surface area contributed by atoms with Gasteiger partial charge in [0.05, 0.1) is 16.7 Å². The number of rotatable bonds is 2. The first-order valence-electron chi connectivity index (χ1n) is 6.02. The summed E-state index contributed by atoms with van der Waals surface area (Å²) in [6, 6.07) is 5.89. The van der Waals surface area contributed by atoms with Gasteiger partial charge in [0.1, 0.15) is 19.0 Å². The molecule has 0 fully saturated rings. The predicted molar refractivity (Wildman–Crippen MR) is 75.6 cm³/mol. The van der Waals surface area contributed by atoms with E-state index < -0.39 is 0 Å². The lowest BCUT2D eigenvalue weighted by molar-refractivity contribution is 0.171. The summed E-state index contributed by atoms with van der Waals surface area (Å²) in [7, 11) is 0. The number of anilines is 1. The molecule has 3 rings (SSSR count). The van der Waals surface area contributed by atoms with Crippen LogP contribution in [0.25, 0.3) is 0 Å². The van der Waals surface area contributed by atoms with Crippen LogP contribution in [-0.4, -0.2) is 23.0 Å². The van der Waals surface area contributed by atoms with Crippen LogP contribution in [0.3, 0.4) is 0 Å². The third-order valence-electron chi connectivity index (χ3n) is 3.03. The summed E-state index contributed by atoms with van der Waals surface area (Å²) in [4.78, 5) is 0. The van der Waals surface area contributed by atoms with Crippen molar-refractivity contribution >= 4 is 21.7 Å². The average molecular weight is 324 g/mol. The van der Waals surface area contributed by atoms with Gasteiger partial charge < -0.3 is 15.2 Å². The van der Waals surface area contributed by atoms with E-state index in [-0.39, 0.29) is 0 Å². The Hall–Kier alpha value is -1.69. The molecule has 19 heavy (non-hydrogen) atoms. The molecule has 1 aromatic heterocycles. The molecule has 1 aliphatic heterocycles. The van der Waals surface area contributed by atoms with E-state index in [0.29, 0.717) is 25.6 Å². The topological polar surface area (TPSA) is 62.3 Å². The highest BCUT2D eigenvalue weighted by Gasteiger charge is 2.14. The lowest BCUT2D eigenvalue weighted by Crippen LogP contribution is -2.15. The number of aryl methyl sites for hydroxylation is 1. The number of ether oxygens (including phenoxy) is 2. The quantitative estimate of drug-likeness (QED) is 0.921. The minimum atomic E-state index is 0.588. The molecule has 0 aliphatic carbocycles. The molecule has 0 radical (unpaired) electrons. The molecule has 2 N–H and O–H groups in total. The highest BCUT2D eigenvalue weighted by molar-refractivity contribution is 9.10. The second-order valence-corrected chi connectivity index (χ2v) is 5.21. The minimum Gasteiger partial charge on any atom is -0.486 e. The number of hydrogen-bond acceptors (Lipinski definition) is 4. The van der Waals surface area contributed by atoms with Gasteiger partial charge in [-0.1, -0.05) is 6.07 Å². The third-order valence-corrected chi connectivity index (χ3v) is 4.01. The Morgan fingerprint density at radius 2 is 2.05 bits per heavy atom. The molecule has 0 unspecified atom stereocenters. The Morgan fingerprint density at radius 1 is 1.32 bits per heavy atom. The maximum Gasteiger partial charge on any atom is 0.161 e. The molecule has 0 spiro atoms. The van der Waals surface area contributed by atoms with Crippen LogP contribution in [0.5, 0.6) is 11.5 Å². The molecule has 0 bridgehead atoms. The standard InChI is InChI=1S/C13H14BrN3O2/c1-8-12(14)13(15)17(16-8)7-9-2-3-10-11(6-9)19-5-4-18-10/h2-3,6H,4-5,7,15H2,1H3. The minimum absolute atomic E-state index is 0.588. The number of halogens is 1. The Morgan fingerprint density at radius 3 is 2.74 bits per heavy atom. The number of fused-ring (bicyclic) bond motifs is 1. The average Bonchev–Trinajstić information content (AvgIpc) is 2.66. The van der Waals surface area contributed by atoms with E-state index in [1.165, 1.54) is 0 Å². The van der Waals surface area contributed by atoms with E-state index in [0.717, 1.165) is 27.2 Å². The summed E-state index contributed by atoms with van der Waals surface area (Å²) in [5, 5.41) is 4.39. The van der Waals surface area contributed by atoms with E-state index >= 15 is 0 Å². The van der Waals surface area contributed by atoms with Crippen LogP contribution in [0.4, 0.5) is 5.82 Å². The van der Waals surface area contributed by atoms with Crippen molar-refractivity contribution in [2.75, 3.05) is 18.9 Å². The Balaban J connectivity index is 1.89. The highest BCUT2D eigenvalue weighted by Crippen LogP contribution is 2.31. The summed E-state index contributed by atoms with van der Waals surface area (Å²) < 4.78 is 13.7. The van der Waals surface area contributed by atoms with E-state index in [2.05, 4.69) is 21.0 Å². The van der Waals surface area contributed by atoms with Crippen LogP contribution in [0.15, 0.2) is 22.7 Å². The van der Waals surface area contributed by atoms with Crippen molar-refractivity contribution in [3.05, 3.63) is 33.9 Å². The largest absolute Gasteiger partial charge is 0.486 e. The molecule has 0 saturated carbocycles. The van der Waals surface area contributed by atoms with Gasteiger partial charge in [0, 0.05) is 0 Å². The number of nitrogens with zero attached hydrogens (tertiary/aromatic N) is 2. The summed E-state index contributed by atoms with van der Waals surface area (Å²) >= 11 is 3.42. The van der Waals surface area contributed by atoms with Crippen molar-refractivity contribution < 1.29 is 9.47 Å². The van der Waals surface area contributed by atoms with E-state index in [9.17, 15) is 0 Å². The van der Waals surface area contributed by atoms with E-state index in [1.807, 2.05) is 25.1 Å². The number of benzene rings is 1. The second-order valence-electron chi connectivity index (χ2n) is 4.42. The molecular formula is C13H14BrN3O2. The molecule has 0 atom stereocenters. The van der Waals surface area contributed by atoms with Crippen LogP contribution in [0.2, 0.25) is 0 Å². The molecule has 5 nitrogen and oxygen atoms in total. The fraction of sp³-hybridized carbons (Fsp3) is 0.308. The number of nitrogen functional groups attached to an aromatic ring is 1. The van der Waals surface area contributed by atoms with Crippen LogP contribution in [0.1, 0.15) is 11.3 Å². The SMILES string of the molecule is Cc1nn(Cc2ccc3c(c2)OCCO3)c(N)c1Br. The van der Waals surface area contributed by atoms with Crippen molar-refractivity contribution in [2.45, 2.75) is 13.5 Å². The van der Waals surface area contributed by atoms with Crippen LogP contribution < -0.4 is 15.2 Å². The molecule has 2 aromatic rings. The zero-order valence-electron chi connectivity index (χ0n) is 10.5.